The van der Waals surface area contributed by atoms with Gasteiger partial charge in [0.25, 0.3) is 0 Å². The summed E-state index contributed by atoms with van der Waals surface area (Å²) in [6.07, 6.45) is 7.55. The average Bonchev–Trinajstić information content (AvgIpc) is 2.93. The van der Waals surface area contributed by atoms with Crippen molar-refractivity contribution in [1.29, 1.82) is 0 Å². The highest BCUT2D eigenvalue weighted by Crippen LogP contribution is 2.27. The Balaban J connectivity index is 1.55. The van der Waals surface area contributed by atoms with Gasteiger partial charge in [0.15, 0.2) is 9.84 Å². The van der Waals surface area contributed by atoms with Crippen LogP contribution in [0.25, 0.3) is 0 Å². The molecule has 2 heterocycles. The number of nitrogens with zero attached hydrogens (tertiary/aromatic N) is 1. The SMILES string of the molecule is O=C(NC1CCCCCC1)[C@H]1CC(=O)N([C@@H]2CCS(=O)(=O)C2)C1. The number of hydrogen-bond acceptors (Lipinski definition) is 4. The first-order valence-corrected chi connectivity index (χ1v) is 10.6. The summed E-state index contributed by atoms with van der Waals surface area (Å²) in [5, 5.41) is 3.11. The zero-order valence-corrected chi connectivity index (χ0v) is 14.3. The summed E-state index contributed by atoms with van der Waals surface area (Å²) in [5.74, 6) is -0.230. The van der Waals surface area contributed by atoms with Gasteiger partial charge in [-0.05, 0) is 19.3 Å². The van der Waals surface area contributed by atoms with Gasteiger partial charge in [-0.15, -0.1) is 0 Å². The summed E-state index contributed by atoms with van der Waals surface area (Å²) in [5.41, 5.74) is 0. The molecule has 1 saturated carbocycles. The number of rotatable bonds is 3. The molecule has 130 valence electrons. The largest absolute Gasteiger partial charge is 0.353 e. The number of hydrogen-bond donors (Lipinski definition) is 1. The van der Waals surface area contributed by atoms with E-state index in [0.717, 1.165) is 25.7 Å². The van der Waals surface area contributed by atoms with E-state index in [1.807, 2.05) is 0 Å². The molecule has 2 saturated heterocycles. The standard InChI is InChI=1S/C16H26N2O4S/c19-15-9-12(10-18(15)14-7-8-23(21,22)11-14)16(20)17-13-5-3-1-2-4-6-13/h12-14H,1-11H2,(H,17,20)/t12-,14+/m0/s1. The second-order valence-corrected chi connectivity index (χ2v) is 9.43. The topological polar surface area (TPSA) is 83.6 Å². The minimum absolute atomic E-state index is 0.0337. The summed E-state index contributed by atoms with van der Waals surface area (Å²) < 4.78 is 23.2. The zero-order chi connectivity index (χ0) is 16.4. The first kappa shape index (κ1) is 16.7. The predicted molar refractivity (Wildman–Crippen MR) is 86.5 cm³/mol. The van der Waals surface area contributed by atoms with Gasteiger partial charge >= 0.3 is 0 Å². The Morgan fingerprint density at radius 1 is 1.09 bits per heavy atom. The van der Waals surface area contributed by atoms with Gasteiger partial charge in [-0.3, -0.25) is 9.59 Å². The third kappa shape index (κ3) is 4.05. The molecule has 0 bridgehead atoms. The fourth-order valence-corrected chi connectivity index (χ4v) is 5.75. The highest BCUT2D eigenvalue weighted by molar-refractivity contribution is 7.91. The molecule has 23 heavy (non-hydrogen) atoms. The number of likely N-dealkylation sites (tertiary alicyclic amines) is 1. The maximum absolute atomic E-state index is 12.5. The number of carbonyl (C=O) groups excluding carboxylic acids is 2. The molecule has 3 aliphatic rings. The molecule has 6 nitrogen and oxygen atoms in total. The van der Waals surface area contributed by atoms with Crippen LogP contribution >= 0.6 is 0 Å². The van der Waals surface area contributed by atoms with E-state index in [9.17, 15) is 18.0 Å². The minimum atomic E-state index is -3.02. The van der Waals surface area contributed by atoms with Crippen LogP contribution in [-0.2, 0) is 19.4 Å². The van der Waals surface area contributed by atoms with Crippen LogP contribution in [0, 0.1) is 5.92 Å². The third-order valence-electron chi connectivity index (χ3n) is 5.38. The van der Waals surface area contributed by atoms with E-state index in [4.69, 9.17) is 0 Å². The van der Waals surface area contributed by atoms with Crippen LogP contribution in [0.2, 0.25) is 0 Å². The van der Waals surface area contributed by atoms with E-state index < -0.39 is 9.84 Å². The van der Waals surface area contributed by atoms with Gasteiger partial charge in [-0.2, -0.15) is 0 Å². The van der Waals surface area contributed by atoms with Gasteiger partial charge in [0.2, 0.25) is 11.8 Å². The van der Waals surface area contributed by atoms with Crippen molar-refractivity contribution in [3.05, 3.63) is 0 Å². The lowest BCUT2D eigenvalue weighted by Crippen LogP contribution is -2.41. The molecule has 1 aliphatic carbocycles. The minimum Gasteiger partial charge on any atom is -0.353 e. The predicted octanol–water partition coefficient (Wildman–Crippen LogP) is 0.861. The highest BCUT2D eigenvalue weighted by atomic mass is 32.2. The highest BCUT2D eigenvalue weighted by Gasteiger charge is 2.42. The lowest BCUT2D eigenvalue weighted by Gasteiger charge is -2.23. The maximum atomic E-state index is 12.5. The monoisotopic (exact) mass is 342 g/mol. The molecular weight excluding hydrogens is 316 g/mol. The van der Waals surface area contributed by atoms with Crippen molar-refractivity contribution in [3.63, 3.8) is 0 Å². The molecule has 3 fully saturated rings. The smallest absolute Gasteiger partial charge is 0.225 e. The van der Waals surface area contributed by atoms with Crippen molar-refractivity contribution in [2.45, 2.75) is 63.5 Å². The van der Waals surface area contributed by atoms with Gasteiger partial charge in [-0.1, -0.05) is 25.7 Å². The summed E-state index contributed by atoms with van der Waals surface area (Å²) in [4.78, 5) is 26.3. The Morgan fingerprint density at radius 2 is 1.78 bits per heavy atom. The van der Waals surface area contributed by atoms with E-state index in [1.54, 1.807) is 4.90 Å². The molecule has 3 rings (SSSR count). The van der Waals surface area contributed by atoms with E-state index in [2.05, 4.69) is 5.32 Å². The van der Waals surface area contributed by atoms with Crippen LogP contribution in [0.3, 0.4) is 0 Å². The van der Waals surface area contributed by atoms with Gasteiger partial charge in [0.1, 0.15) is 0 Å². The van der Waals surface area contributed by atoms with E-state index >= 15 is 0 Å². The Morgan fingerprint density at radius 3 is 2.39 bits per heavy atom. The van der Waals surface area contributed by atoms with Gasteiger partial charge < -0.3 is 10.2 Å². The average molecular weight is 342 g/mol. The molecule has 1 N–H and O–H groups in total. The maximum Gasteiger partial charge on any atom is 0.225 e. The molecule has 0 aromatic rings. The molecule has 0 radical (unpaired) electrons. The van der Waals surface area contributed by atoms with Crippen molar-refractivity contribution >= 4 is 21.7 Å². The first-order chi connectivity index (χ1) is 10.9. The van der Waals surface area contributed by atoms with E-state index in [0.29, 0.717) is 13.0 Å². The second kappa shape index (κ2) is 6.79. The molecule has 0 spiro atoms. The molecule has 7 heteroatoms. The molecule has 2 aliphatic heterocycles. The van der Waals surface area contributed by atoms with Crippen molar-refractivity contribution in [1.82, 2.24) is 10.2 Å². The normalized spacial score (nSPS) is 32.0. The quantitative estimate of drug-likeness (QED) is 0.771. The fraction of sp³-hybridized carbons (Fsp3) is 0.875. The fourth-order valence-electron chi connectivity index (χ4n) is 4.02. The van der Waals surface area contributed by atoms with Crippen LogP contribution in [0.1, 0.15) is 51.4 Å². The summed E-state index contributed by atoms with van der Waals surface area (Å²) in [6, 6.07) is 0.00388. The van der Waals surface area contributed by atoms with Crippen molar-refractivity contribution in [3.8, 4) is 0 Å². The summed E-state index contributed by atoms with van der Waals surface area (Å²) in [7, 11) is -3.02. The molecule has 0 unspecified atom stereocenters. The summed E-state index contributed by atoms with van der Waals surface area (Å²) in [6.45, 7) is 0.373. The molecule has 2 atom stereocenters. The molecular formula is C16H26N2O4S. The second-order valence-electron chi connectivity index (χ2n) is 7.20. The number of carbonyl (C=O) groups is 2. The first-order valence-electron chi connectivity index (χ1n) is 8.75. The Bertz CT molecular complexity index is 567. The van der Waals surface area contributed by atoms with E-state index in [1.165, 1.54) is 12.8 Å². The molecule has 0 aromatic carbocycles. The Hall–Kier alpha value is -1.11. The number of amides is 2. The van der Waals surface area contributed by atoms with Gasteiger partial charge in [-0.25, -0.2) is 8.42 Å². The van der Waals surface area contributed by atoms with Crippen LogP contribution in [0.5, 0.6) is 0 Å². The third-order valence-corrected chi connectivity index (χ3v) is 7.13. The summed E-state index contributed by atoms with van der Waals surface area (Å²) >= 11 is 0. The van der Waals surface area contributed by atoms with Gasteiger partial charge in [0, 0.05) is 25.0 Å². The van der Waals surface area contributed by atoms with Gasteiger partial charge in [0.05, 0.1) is 17.4 Å². The lowest BCUT2D eigenvalue weighted by molar-refractivity contribution is -0.130. The lowest BCUT2D eigenvalue weighted by atomic mass is 10.0. The van der Waals surface area contributed by atoms with E-state index in [-0.39, 0.29) is 47.7 Å². The van der Waals surface area contributed by atoms with Crippen molar-refractivity contribution < 1.29 is 18.0 Å². The Kier molecular flexibility index (Phi) is 4.94. The Labute approximate surface area is 137 Å². The van der Waals surface area contributed by atoms with Crippen LogP contribution in [0.15, 0.2) is 0 Å². The van der Waals surface area contributed by atoms with Crippen LogP contribution in [-0.4, -0.2) is 55.3 Å². The van der Waals surface area contributed by atoms with Crippen LogP contribution < -0.4 is 5.32 Å². The van der Waals surface area contributed by atoms with Crippen molar-refractivity contribution in [2.24, 2.45) is 5.92 Å². The molecule has 2 amide bonds. The number of nitrogens with one attached hydrogen (secondary N) is 1. The van der Waals surface area contributed by atoms with Crippen LogP contribution in [0.4, 0.5) is 0 Å². The molecule has 0 aromatic heterocycles. The number of sulfone groups is 1. The zero-order valence-electron chi connectivity index (χ0n) is 13.5. The van der Waals surface area contributed by atoms with Crippen molar-refractivity contribution in [2.75, 3.05) is 18.1 Å².